The third kappa shape index (κ3) is 3.46. The van der Waals surface area contributed by atoms with Gasteiger partial charge in [-0.15, -0.1) is 0 Å². The first-order chi connectivity index (χ1) is 7.86. The molecule has 0 saturated heterocycles. The van der Waals surface area contributed by atoms with Crippen LogP contribution >= 0.6 is 0 Å². The molecule has 0 saturated carbocycles. The molecular formula is C13H21N3O. The zero-order chi connectivity index (χ0) is 13.1. The van der Waals surface area contributed by atoms with E-state index in [1.165, 1.54) is 16.7 Å². The molecule has 1 aromatic carbocycles. The predicted octanol–water partition coefficient (Wildman–Crippen LogP) is 1.75. The predicted molar refractivity (Wildman–Crippen MR) is 69.7 cm³/mol. The molecule has 17 heavy (non-hydrogen) atoms. The molecule has 0 aromatic heterocycles. The van der Waals surface area contributed by atoms with Gasteiger partial charge < -0.3 is 5.32 Å². The summed E-state index contributed by atoms with van der Waals surface area (Å²) in [4.78, 5) is 11.1. The van der Waals surface area contributed by atoms with Crippen molar-refractivity contribution in [1.29, 1.82) is 0 Å². The summed E-state index contributed by atoms with van der Waals surface area (Å²) in [5.41, 5.74) is 5.64. The van der Waals surface area contributed by atoms with Gasteiger partial charge in [-0.25, -0.2) is 10.6 Å². The van der Waals surface area contributed by atoms with Crippen LogP contribution in [0.5, 0.6) is 0 Å². The second kappa shape index (κ2) is 5.19. The van der Waals surface area contributed by atoms with Crippen molar-refractivity contribution in [2.45, 2.75) is 33.1 Å². The largest absolute Gasteiger partial charge is 0.336 e. The number of rotatable bonds is 3. The molecule has 4 nitrogen and oxygen atoms in total. The highest BCUT2D eigenvalue weighted by atomic mass is 16.2. The fourth-order valence-electron chi connectivity index (χ4n) is 1.91. The summed E-state index contributed by atoms with van der Waals surface area (Å²) in [6, 6.07) is 6.00. The van der Waals surface area contributed by atoms with Gasteiger partial charge in [-0.2, -0.15) is 0 Å². The standard InChI is InChI=1S/C13H21N3O/c1-9-5-6-10(2)11(7-9)13(3,4)8-15-12(17)16-14/h5-7H,8,14H2,1-4H3,(H2,15,16,17). The van der Waals surface area contributed by atoms with Gasteiger partial charge in [-0.1, -0.05) is 37.6 Å². The van der Waals surface area contributed by atoms with E-state index in [2.05, 4.69) is 56.6 Å². The van der Waals surface area contributed by atoms with Crippen LogP contribution in [-0.2, 0) is 5.41 Å². The van der Waals surface area contributed by atoms with Crippen molar-refractivity contribution < 1.29 is 4.79 Å². The number of urea groups is 1. The van der Waals surface area contributed by atoms with Crippen LogP contribution < -0.4 is 16.6 Å². The summed E-state index contributed by atoms with van der Waals surface area (Å²) in [5.74, 6) is 5.03. The Balaban J connectivity index is 2.88. The molecule has 0 aliphatic rings. The molecule has 0 spiro atoms. The topological polar surface area (TPSA) is 67.2 Å². The van der Waals surface area contributed by atoms with Crippen LogP contribution in [0.1, 0.15) is 30.5 Å². The Kier molecular flexibility index (Phi) is 4.12. The van der Waals surface area contributed by atoms with Gasteiger partial charge in [0, 0.05) is 12.0 Å². The van der Waals surface area contributed by atoms with Crippen molar-refractivity contribution in [1.82, 2.24) is 10.7 Å². The third-order valence-corrected chi connectivity index (χ3v) is 2.94. The van der Waals surface area contributed by atoms with Crippen LogP contribution in [-0.4, -0.2) is 12.6 Å². The summed E-state index contributed by atoms with van der Waals surface area (Å²) in [7, 11) is 0. The molecule has 0 atom stereocenters. The van der Waals surface area contributed by atoms with Crippen molar-refractivity contribution in [2.75, 3.05) is 6.54 Å². The second-order valence-corrected chi connectivity index (χ2v) is 5.03. The molecule has 0 heterocycles. The first-order valence-corrected chi connectivity index (χ1v) is 5.69. The molecular weight excluding hydrogens is 214 g/mol. The van der Waals surface area contributed by atoms with E-state index < -0.39 is 0 Å². The Morgan fingerprint density at radius 3 is 2.59 bits per heavy atom. The molecule has 4 heteroatoms. The van der Waals surface area contributed by atoms with Gasteiger partial charge in [0.05, 0.1) is 0 Å². The van der Waals surface area contributed by atoms with Crippen molar-refractivity contribution in [3.63, 3.8) is 0 Å². The zero-order valence-corrected chi connectivity index (χ0v) is 10.9. The molecule has 4 N–H and O–H groups in total. The maximum absolute atomic E-state index is 11.1. The van der Waals surface area contributed by atoms with E-state index in [9.17, 15) is 4.79 Å². The van der Waals surface area contributed by atoms with Crippen molar-refractivity contribution >= 4 is 6.03 Å². The number of amides is 2. The van der Waals surface area contributed by atoms with Crippen molar-refractivity contribution in [2.24, 2.45) is 5.84 Å². The summed E-state index contributed by atoms with van der Waals surface area (Å²) in [6.07, 6.45) is 0. The zero-order valence-electron chi connectivity index (χ0n) is 10.9. The molecule has 94 valence electrons. The van der Waals surface area contributed by atoms with Crippen LogP contribution in [0.4, 0.5) is 4.79 Å². The second-order valence-electron chi connectivity index (χ2n) is 5.03. The molecule has 0 fully saturated rings. The molecule has 0 bridgehead atoms. The number of nitrogens with one attached hydrogen (secondary N) is 2. The highest BCUT2D eigenvalue weighted by Gasteiger charge is 2.23. The van der Waals surface area contributed by atoms with Crippen LogP contribution in [0.15, 0.2) is 18.2 Å². The van der Waals surface area contributed by atoms with Crippen molar-refractivity contribution in [3.8, 4) is 0 Å². The first kappa shape index (κ1) is 13.5. The number of hydrogen-bond donors (Lipinski definition) is 3. The van der Waals surface area contributed by atoms with Crippen LogP contribution in [0.25, 0.3) is 0 Å². The van der Waals surface area contributed by atoms with Gasteiger partial charge >= 0.3 is 6.03 Å². The van der Waals surface area contributed by atoms with Crippen molar-refractivity contribution in [3.05, 3.63) is 34.9 Å². The maximum Gasteiger partial charge on any atom is 0.328 e. The third-order valence-electron chi connectivity index (χ3n) is 2.94. The Bertz CT molecular complexity index is 413. The number of nitrogens with two attached hydrogens (primary N) is 1. The van der Waals surface area contributed by atoms with Gasteiger partial charge in [-0.3, -0.25) is 5.43 Å². The minimum absolute atomic E-state index is 0.122. The summed E-state index contributed by atoms with van der Waals surface area (Å²) in [5, 5.41) is 2.74. The van der Waals surface area contributed by atoms with E-state index in [-0.39, 0.29) is 11.4 Å². The minimum atomic E-state index is -0.358. The Hall–Kier alpha value is -1.55. The van der Waals surface area contributed by atoms with Gasteiger partial charge in [0.2, 0.25) is 0 Å². The molecule has 1 aromatic rings. The van der Waals surface area contributed by atoms with Gasteiger partial charge in [0.1, 0.15) is 0 Å². The quantitative estimate of drug-likeness (QED) is 0.424. The van der Waals surface area contributed by atoms with Crippen LogP contribution in [0.3, 0.4) is 0 Å². The molecule has 0 aliphatic carbocycles. The Morgan fingerprint density at radius 1 is 1.35 bits per heavy atom. The summed E-state index contributed by atoms with van der Waals surface area (Å²) >= 11 is 0. The lowest BCUT2D eigenvalue weighted by atomic mass is 9.81. The Labute approximate surface area is 103 Å². The number of benzene rings is 1. The first-order valence-electron chi connectivity index (χ1n) is 5.69. The highest BCUT2D eigenvalue weighted by Crippen LogP contribution is 2.26. The summed E-state index contributed by atoms with van der Waals surface area (Å²) in [6.45, 7) is 8.90. The average Bonchev–Trinajstić information content (AvgIpc) is 2.29. The average molecular weight is 235 g/mol. The molecule has 0 unspecified atom stereocenters. The highest BCUT2D eigenvalue weighted by molar-refractivity contribution is 5.73. The Morgan fingerprint density at radius 2 is 2.00 bits per heavy atom. The van der Waals surface area contributed by atoms with E-state index in [1.54, 1.807) is 0 Å². The maximum atomic E-state index is 11.1. The lowest BCUT2D eigenvalue weighted by Gasteiger charge is -2.27. The SMILES string of the molecule is Cc1ccc(C)c(C(C)(C)CNC(=O)NN)c1. The van der Waals surface area contributed by atoms with E-state index in [4.69, 9.17) is 5.84 Å². The van der Waals surface area contributed by atoms with E-state index >= 15 is 0 Å². The minimum Gasteiger partial charge on any atom is -0.336 e. The smallest absolute Gasteiger partial charge is 0.328 e. The van der Waals surface area contributed by atoms with Crippen LogP contribution in [0, 0.1) is 13.8 Å². The number of hydrogen-bond acceptors (Lipinski definition) is 2. The van der Waals surface area contributed by atoms with Crippen LogP contribution in [0.2, 0.25) is 0 Å². The van der Waals surface area contributed by atoms with Gasteiger partial charge in [0.25, 0.3) is 0 Å². The lowest BCUT2D eigenvalue weighted by Crippen LogP contribution is -2.45. The molecule has 2 amide bonds. The molecule has 0 aliphatic heterocycles. The normalized spacial score (nSPS) is 11.1. The lowest BCUT2D eigenvalue weighted by molar-refractivity contribution is 0.238. The molecule has 0 radical (unpaired) electrons. The molecule has 1 rings (SSSR count). The number of carbonyl (C=O) groups excluding carboxylic acids is 1. The number of hydrazine groups is 1. The fourth-order valence-corrected chi connectivity index (χ4v) is 1.91. The number of aryl methyl sites for hydroxylation is 2. The van der Waals surface area contributed by atoms with E-state index in [0.717, 1.165) is 0 Å². The fraction of sp³-hybridized carbons (Fsp3) is 0.462. The van der Waals surface area contributed by atoms with E-state index in [0.29, 0.717) is 6.54 Å². The number of carbonyl (C=O) groups is 1. The van der Waals surface area contributed by atoms with Gasteiger partial charge in [0.15, 0.2) is 0 Å². The monoisotopic (exact) mass is 235 g/mol. The van der Waals surface area contributed by atoms with Gasteiger partial charge in [-0.05, 0) is 25.0 Å². The summed E-state index contributed by atoms with van der Waals surface area (Å²) < 4.78 is 0. The van der Waals surface area contributed by atoms with E-state index in [1.807, 2.05) is 0 Å².